The van der Waals surface area contributed by atoms with Crippen molar-refractivity contribution in [3.63, 3.8) is 0 Å². The van der Waals surface area contributed by atoms with Gasteiger partial charge >= 0.3 is 0 Å². The van der Waals surface area contributed by atoms with Crippen LogP contribution in [-0.2, 0) is 11.2 Å². The van der Waals surface area contributed by atoms with Gasteiger partial charge in [-0.1, -0.05) is 45.0 Å². The van der Waals surface area contributed by atoms with Gasteiger partial charge in [0.25, 0.3) is 0 Å². The number of hydrogen-bond acceptors (Lipinski definition) is 3. The van der Waals surface area contributed by atoms with Crippen molar-refractivity contribution >= 4 is 16.8 Å². The highest BCUT2D eigenvalue weighted by molar-refractivity contribution is 5.88. The Hall–Kier alpha value is -2.95. The topological polar surface area (TPSA) is 63.4 Å². The Kier molecular flexibility index (Phi) is 5.71. The highest BCUT2D eigenvalue weighted by Gasteiger charge is 2.25. The summed E-state index contributed by atoms with van der Waals surface area (Å²) in [7, 11) is 0. The smallest absolute Gasteiger partial charge is 0.231 e. The molecule has 2 aromatic carbocycles. The molecule has 4 rings (SSSR count). The van der Waals surface area contributed by atoms with E-state index in [9.17, 15) is 4.79 Å². The summed E-state index contributed by atoms with van der Waals surface area (Å²) in [5.41, 5.74) is 4.61. The fourth-order valence-corrected chi connectivity index (χ4v) is 4.02. The Morgan fingerprint density at radius 3 is 2.70 bits per heavy atom. The lowest BCUT2D eigenvalue weighted by Gasteiger charge is -2.21. The summed E-state index contributed by atoms with van der Waals surface area (Å²) in [6, 6.07) is 12.5. The van der Waals surface area contributed by atoms with Gasteiger partial charge in [-0.3, -0.25) is 4.79 Å². The summed E-state index contributed by atoms with van der Waals surface area (Å²) in [6.45, 7) is 8.68. The van der Waals surface area contributed by atoms with Crippen LogP contribution in [0.15, 0.2) is 42.6 Å². The minimum Gasteiger partial charge on any atom is -0.454 e. The molecule has 0 saturated carbocycles. The molecule has 5 heteroatoms. The molecule has 30 heavy (non-hydrogen) atoms. The zero-order valence-electron chi connectivity index (χ0n) is 18.1. The average Bonchev–Trinajstić information content (AvgIpc) is 3.38. The molecule has 0 fully saturated rings. The van der Waals surface area contributed by atoms with Crippen LogP contribution in [0.25, 0.3) is 10.9 Å². The Labute approximate surface area is 177 Å². The fourth-order valence-electron chi connectivity index (χ4n) is 4.02. The second-order valence-electron chi connectivity index (χ2n) is 8.41. The molecule has 2 N–H and O–H groups in total. The molecule has 0 radical (unpaired) electrons. The molecule has 0 bridgehead atoms. The normalized spacial score (nSPS) is 14.8. The molecule has 0 aliphatic carbocycles. The third kappa shape index (κ3) is 3.89. The molecule has 1 aromatic heterocycles. The van der Waals surface area contributed by atoms with Gasteiger partial charge in [0.15, 0.2) is 11.5 Å². The van der Waals surface area contributed by atoms with Gasteiger partial charge in [-0.25, -0.2) is 0 Å². The number of amides is 1. The van der Waals surface area contributed by atoms with E-state index in [-0.39, 0.29) is 24.7 Å². The van der Waals surface area contributed by atoms with Crippen LogP contribution in [0, 0.1) is 5.92 Å². The largest absolute Gasteiger partial charge is 0.454 e. The van der Waals surface area contributed by atoms with E-state index in [0.717, 1.165) is 34.6 Å². The number of carbonyl (C=O) groups is 1. The van der Waals surface area contributed by atoms with E-state index >= 15 is 0 Å². The van der Waals surface area contributed by atoms with Crippen molar-refractivity contribution < 1.29 is 14.3 Å². The van der Waals surface area contributed by atoms with E-state index in [1.54, 1.807) is 0 Å². The van der Waals surface area contributed by atoms with Crippen LogP contribution in [-0.4, -0.2) is 23.7 Å². The van der Waals surface area contributed by atoms with Crippen molar-refractivity contribution in [2.45, 2.75) is 52.5 Å². The van der Waals surface area contributed by atoms with Crippen LogP contribution >= 0.6 is 0 Å². The maximum Gasteiger partial charge on any atom is 0.231 e. The Bertz CT molecular complexity index is 1050. The van der Waals surface area contributed by atoms with E-state index in [1.807, 2.05) is 18.2 Å². The van der Waals surface area contributed by atoms with Crippen molar-refractivity contribution in [1.82, 2.24) is 10.3 Å². The van der Waals surface area contributed by atoms with Crippen molar-refractivity contribution in [2.75, 3.05) is 6.79 Å². The van der Waals surface area contributed by atoms with Crippen LogP contribution in [0.3, 0.4) is 0 Å². The number of nitrogens with one attached hydrogen (secondary N) is 2. The number of ether oxygens (including phenoxy) is 2. The summed E-state index contributed by atoms with van der Waals surface area (Å²) in [4.78, 5) is 16.4. The van der Waals surface area contributed by atoms with Gasteiger partial charge in [-0.2, -0.15) is 0 Å². The molecule has 158 valence electrons. The van der Waals surface area contributed by atoms with Crippen molar-refractivity contribution in [3.05, 3.63) is 59.3 Å². The number of H-pyrrole nitrogens is 1. The van der Waals surface area contributed by atoms with Crippen LogP contribution < -0.4 is 14.8 Å². The number of benzene rings is 2. The molecule has 3 aromatic rings. The van der Waals surface area contributed by atoms with Gasteiger partial charge in [0.2, 0.25) is 12.7 Å². The molecular formula is C25H30N2O3. The quantitative estimate of drug-likeness (QED) is 0.571. The molecule has 2 heterocycles. The maximum absolute atomic E-state index is 13.0. The van der Waals surface area contributed by atoms with Gasteiger partial charge in [0.05, 0.1) is 0 Å². The van der Waals surface area contributed by atoms with E-state index < -0.39 is 0 Å². The number of para-hydroxylation sites is 1. The van der Waals surface area contributed by atoms with E-state index in [0.29, 0.717) is 12.3 Å². The number of fused-ring (bicyclic) bond motifs is 2. The highest BCUT2D eigenvalue weighted by atomic mass is 16.7. The summed E-state index contributed by atoms with van der Waals surface area (Å²) in [5.74, 6) is 1.85. The number of carbonyl (C=O) groups excluding carboxylic acids is 1. The molecule has 0 saturated heterocycles. The Morgan fingerprint density at radius 1 is 1.13 bits per heavy atom. The zero-order valence-corrected chi connectivity index (χ0v) is 18.1. The summed E-state index contributed by atoms with van der Waals surface area (Å²) < 4.78 is 11.1. The number of rotatable bonds is 7. The number of aromatic amines is 1. The molecule has 1 aliphatic rings. The first-order valence-electron chi connectivity index (χ1n) is 10.8. The third-order valence-corrected chi connectivity index (χ3v) is 6.17. The lowest BCUT2D eigenvalue weighted by Crippen LogP contribution is -2.36. The van der Waals surface area contributed by atoms with Crippen LogP contribution in [0.4, 0.5) is 0 Å². The summed E-state index contributed by atoms with van der Waals surface area (Å²) in [5, 5.41) is 4.33. The average molecular weight is 407 g/mol. The second-order valence-corrected chi connectivity index (χ2v) is 8.41. The molecule has 1 amide bonds. The van der Waals surface area contributed by atoms with E-state index in [4.69, 9.17) is 9.47 Å². The predicted octanol–water partition coefficient (Wildman–Crippen LogP) is 5.14. The van der Waals surface area contributed by atoms with Crippen molar-refractivity contribution in [2.24, 2.45) is 5.92 Å². The maximum atomic E-state index is 13.0. The van der Waals surface area contributed by atoms with E-state index in [1.165, 1.54) is 10.9 Å². The molecule has 0 spiro atoms. The summed E-state index contributed by atoms with van der Waals surface area (Å²) >= 11 is 0. The Morgan fingerprint density at radius 2 is 1.93 bits per heavy atom. The molecular weight excluding hydrogens is 376 g/mol. The first-order valence-corrected chi connectivity index (χ1v) is 10.8. The monoisotopic (exact) mass is 406 g/mol. The first-order chi connectivity index (χ1) is 14.5. The van der Waals surface area contributed by atoms with Gasteiger partial charge in [0, 0.05) is 35.5 Å². The van der Waals surface area contributed by atoms with Gasteiger partial charge in [0.1, 0.15) is 0 Å². The minimum atomic E-state index is -0.0836. The molecule has 5 nitrogen and oxygen atoms in total. The zero-order chi connectivity index (χ0) is 21.3. The lowest BCUT2D eigenvalue weighted by molar-refractivity contribution is -0.122. The summed E-state index contributed by atoms with van der Waals surface area (Å²) in [6.07, 6.45) is 3.39. The van der Waals surface area contributed by atoms with Gasteiger partial charge in [-0.15, -0.1) is 0 Å². The molecule has 2 atom stereocenters. The lowest BCUT2D eigenvalue weighted by atomic mass is 9.87. The molecule has 0 unspecified atom stereocenters. The third-order valence-electron chi connectivity index (χ3n) is 6.17. The SMILES string of the molecule is CCc1cccc2c([C@H](CC(=O)N[C@@H](C)C(C)C)c3ccc4c(c3)OCO4)c[nH]c12. The number of aryl methyl sites for hydroxylation is 1. The van der Waals surface area contributed by atoms with Crippen molar-refractivity contribution in [1.29, 1.82) is 0 Å². The van der Waals surface area contributed by atoms with Gasteiger partial charge in [-0.05, 0) is 48.1 Å². The highest BCUT2D eigenvalue weighted by Crippen LogP contribution is 2.39. The molecule has 1 aliphatic heterocycles. The van der Waals surface area contributed by atoms with Crippen LogP contribution in [0.2, 0.25) is 0 Å². The Balaban J connectivity index is 1.73. The second kappa shape index (κ2) is 8.42. The standard InChI is InChI=1S/C25H30N2O3/c1-5-17-7-6-8-19-21(13-26-25(17)19)20(12-24(28)27-16(4)15(2)3)18-9-10-22-23(11-18)30-14-29-22/h6-11,13,15-16,20,26H,5,12,14H2,1-4H3,(H,27,28)/t16-,20+/m0/s1. The fraction of sp³-hybridized carbons (Fsp3) is 0.400. The van der Waals surface area contributed by atoms with Crippen LogP contribution in [0.5, 0.6) is 11.5 Å². The van der Waals surface area contributed by atoms with Crippen molar-refractivity contribution in [3.8, 4) is 11.5 Å². The van der Waals surface area contributed by atoms with E-state index in [2.05, 4.69) is 62.4 Å². The number of hydrogen-bond donors (Lipinski definition) is 2. The number of aromatic nitrogens is 1. The van der Waals surface area contributed by atoms with Crippen LogP contribution in [0.1, 0.15) is 56.7 Å². The first kappa shape index (κ1) is 20.3. The minimum absolute atomic E-state index is 0.0554. The van der Waals surface area contributed by atoms with Gasteiger partial charge < -0.3 is 19.8 Å². The predicted molar refractivity (Wildman–Crippen MR) is 119 cm³/mol.